The molecular weight excluding hydrogens is 284 g/mol. The van der Waals surface area contributed by atoms with Gasteiger partial charge in [-0.15, -0.1) is 11.8 Å². The van der Waals surface area contributed by atoms with Crippen LogP contribution in [-0.2, 0) is 9.47 Å². The van der Waals surface area contributed by atoms with Gasteiger partial charge in [0.25, 0.3) is 0 Å². The van der Waals surface area contributed by atoms with Crippen LogP contribution in [0.3, 0.4) is 0 Å². The van der Waals surface area contributed by atoms with Crippen LogP contribution in [0.25, 0.3) is 0 Å². The van der Waals surface area contributed by atoms with E-state index in [1.165, 1.54) is 6.42 Å². The van der Waals surface area contributed by atoms with E-state index in [2.05, 4.69) is 6.92 Å². The van der Waals surface area contributed by atoms with Crippen molar-refractivity contribution < 1.29 is 14.3 Å². The zero-order valence-electron chi connectivity index (χ0n) is 12.4. The summed E-state index contributed by atoms with van der Waals surface area (Å²) in [6.07, 6.45) is 3.78. The lowest BCUT2D eigenvalue weighted by molar-refractivity contribution is 0.0477. The average molecular weight is 306 g/mol. The molecule has 114 valence electrons. The summed E-state index contributed by atoms with van der Waals surface area (Å²) in [6.45, 7) is 3.63. The molecule has 0 bridgehead atoms. The molecule has 3 nitrogen and oxygen atoms in total. The molecule has 1 aromatic rings. The molecule has 1 heterocycles. The second kappa shape index (κ2) is 6.84. The van der Waals surface area contributed by atoms with Gasteiger partial charge in [-0.05, 0) is 43.2 Å². The van der Waals surface area contributed by atoms with Gasteiger partial charge in [0.05, 0.1) is 18.3 Å². The number of esters is 1. The maximum absolute atomic E-state index is 12.2. The third-order valence-corrected chi connectivity index (χ3v) is 5.47. The Morgan fingerprint density at radius 2 is 2.24 bits per heavy atom. The maximum atomic E-state index is 12.2. The van der Waals surface area contributed by atoms with Crippen molar-refractivity contribution in [2.75, 3.05) is 19.0 Å². The lowest BCUT2D eigenvalue weighted by Gasteiger charge is -2.12. The van der Waals surface area contributed by atoms with Crippen molar-refractivity contribution in [1.82, 2.24) is 0 Å². The van der Waals surface area contributed by atoms with Crippen LogP contribution in [0.5, 0.6) is 0 Å². The van der Waals surface area contributed by atoms with Gasteiger partial charge in [0, 0.05) is 17.3 Å². The van der Waals surface area contributed by atoms with Gasteiger partial charge in [-0.2, -0.15) is 0 Å². The van der Waals surface area contributed by atoms with Crippen molar-refractivity contribution in [2.45, 2.75) is 37.2 Å². The Balaban J connectivity index is 1.56. The summed E-state index contributed by atoms with van der Waals surface area (Å²) in [5.41, 5.74) is 0.689. The summed E-state index contributed by atoms with van der Waals surface area (Å²) in [4.78, 5) is 13.2. The van der Waals surface area contributed by atoms with E-state index in [1.54, 1.807) is 11.8 Å². The van der Waals surface area contributed by atoms with Crippen molar-refractivity contribution in [3.8, 4) is 0 Å². The molecule has 2 fully saturated rings. The Morgan fingerprint density at radius 3 is 2.95 bits per heavy atom. The molecule has 1 aliphatic carbocycles. The second-order valence-corrected chi connectivity index (χ2v) is 7.08. The van der Waals surface area contributed by atoms with E-state index in [-0.39, 0.29) is 5.97 Å². The maximum Gasteiger partial charge on any atom is 0.339 e. The van der Waals surface area contributed by atoms with Crippen LogP contribution in [-0.4, -0.2) is 31.0 Å². The van der Waals surface area contributed by atoms with E-state index in [0.717, 1.165) is 30.1 Å². The quantitative estimate of drug-likeness (QED) is 0.592. The Bertz CT molecular complexity index is 497. The first-order valence-corrected chi connectivity index (χ1v) is 8.73. The first-order chi connectivity index (χ1) is 10.2. The first kappa shape index (κ1) is 14.9. The Hall–Kier alpha value is -1.00. The van der Waals surface area contributed by atoms with Crippen molar-refractivity contribution in [3.05, 3.63) is 29.8 Å². The minimum Gasteiger partial charge on any atom is -0.462 e. The van der Waals surface area contributed by atoms with E-state index in [1.807, 2.05) is 24.3 Å². The predicted octanol–water partition coefficient (Wildman–Crippen LogP) is 3.77. The molecule has 21 heavy (non-hydrogen) atoms. The van der Waals surface area contributed by atoms with Crippen molar-refractivity contribution in [2.24, 2.45) is 11.8 Å². The third kappa shape index (κ3) is 4.01. The number of hydrogen-bond donors (Lipinski definition) is 0. The highest BCUT2D eigenvalue weighted by Crippen LogP contribution is 2.38. The van der Waals surface area contributed by atoms with Crippen LogP contribution in [0.4, 0.5) is 0 Å². The van der Waals surface area contributed by atoms with Crippen molar-refractivity contribution in [3.63, 3.8) is 0 Å². The monoisotopic (exact) mass is 306 g/mol. The molecular formula is C17H22O3S. The number of rotatable bonds is 6. The predicted molar refractivity (Wildman–Crippen MR) is 83.7 cm³/mol. The minimum atomic E-state index is -0.190. The summed E-state index contributed by atoms with van der Waals surface area (Å²) in [7, 11) is 0. The molecule has 0 radical (unpaired) electrons. The number of carbonyl (C=O) groups excluding carboxylic acids is 1. The average Bonchev–Trinajstić information content (AvgIpc) is 2.99. The SMILES string of the molecule is CC1CC1COC(=O)c1ccccc1SCC1CCCO1. The number of hydrogen-bond acceptors (Lipinski definition) is 4. The van der Waals surface area contributed by atoms with Gasteiger partial charge in [-0.1, -0.05) is 19.1 Å². The number of benzene rings is 1. The minimum absolute atomic E-state index is 0.190. The van der Waals surface area contributed by atoms with Gasteiger partial charge in [-0.3, -0.25) is 0 Å². The van der Waals surface area contributed by atoms with Gasteiger partial charge < -0.3 is 9.47 Å². The summed E-state index contributed by atoms with van der Waals surface area (Å²) < 4.78 is 11.1. The molecule has 0 aromatic heterocycles. The zero-order valence-corrected chi connectivity index (χ0v) is 13.2. The van der Waals surface area contributed by atoms with E-state index in [9.17, 15) is 4.79 Å². The standard InChI is InChI=1S/C17H22O3S/c1-12-9-13(12)10-20-17(18)15-6-2-3-7-16(15)21-11-14-5-4-8-19-14/h2-3,6-7,12-14H,4-5,8-11H2,1H3. The Labute approximate surface area is 130 Å². The molecule has 1 aromatic carbocycles. The molecule has 3 unspecified atom stereocenters. The summed E-state index contributed by atoms with van der Waals surface area (Å²) in [6, 6.07) is 7.72. The van der Waals surface area contributed by atoms with Crippen LogP contribution in [0.2, 0.25) is 0 Å². The van der Waals surface area contributed by atoms with Crippen molar-refractivity contribution in [1.29, 1.82) is 0 Å². The molecule has 0 N–H and O–H groups in total. The molecule has 4 heteroatoms. The van der Waals surface area contributed by atoms with Crippen LogP contribution in [0, 0.1) is 11.8 Å². The van der Waals surface area contributed by atoms with Crippen LogP contribution in [0.15, 0.2) is 29.2 Å². The normalized spacial score (nSPS) is 27.6. The van der Waals surface area contributed by atoms with Gasteiger partial charge in [0.15, 0.2) is 0 Å². The fraction of sp³-hybridized carbons (Fsp3) is 0.588. The van der Waals surface area contributed by atoms with E-state index >= 15 is 0 Å². The van der Waals surface area contributed by atoms with Gasteiger partial charge in [-0.25, -0.2) is 4.79 Å². The van der Waals surface area contributed by atoms with Gasteiger partial charge in [0.1, 0.15) is 0 Å². The molecule has 0 amide bonds. The van der Waals surface area contributed by atoms with Crippen LogP contribution in [0.1, 0.15) is 36.5 Å². The smallest absolute Gasteiger partial charge is 0.339 e. The summed E-state index contributed by atoms with van der Waals surface area (Å²) in [5.74, 6) is 2.00. The second-order valence-electron chi connectivity index (χ2n) is 6.01. The summed E-state index contributed by atoms with van der Waals surface area (Å²) in [5, 5.41) is 0. The number of ether oxygens (including phenoxy) is 2. The number of thioether (sulfide) groups is 1. The van der Waals surface area contributed by atoms with Crippen LogP contribution < -0.4 is 0 Å². The molecule has 1 saturated carbocycles. The van der Waals surface area contributed by atoms with Crippen LogP contribution >= 0.6 is 11.8 Å². The zero-order chi connectivity index (χ0) is 14.7. The molecule has 3 atom stereocenters. The highest BCUT2D eigenvalue weighted by Gasteiger charge is 2.33. The molecule has 1 saturated heterocycles. The Kier molecular flexibility index (Phi) is 4.86. The number of carbonyl (C=O) groups is 1. The lowest BCUT2D eigenvalue weighted by atomic mass is 10.2. The molecule has 3 rings (SSSR count). The first-order valence-electron chi connectivity index (χ1n) is 7.74. The van der Waals surface area contributed by atoms with Gasteiger partial charge in [0.2, 0.25) is 0 Å². The highest BCUT2D eigenvalue weighted by molar-refractivity contribution is 7.99. The Morgan fingerprint density at radius 1 is 1.43 bits per heavy atom. The lowest BCUT2D eigenvalue weighted by Crippen LogP contribution is -2.11. The van der Waals surface area contributed by atoms with E-state index in [0.29, 0.717) is 30.1 Å². The molecule has 2 aliphatic rings. The fourth-order valence-corrected chi connectivity index (χ4v) is 3.72. The van der Waals surface area contributed by atoms with Gasteiger partial charge >= 0.3 is 5.97 Å². The van der Waals surface area contributed by atoms with E-state index in [4.69, 9.17) is 9.47 Å². The van der Waals surface area contributed by atoms with Crippen molar-refractivity contribution >= 4 is 17.7 Å². The summed E-state index contributed by atoms with van der Waals surface area (Å²) >= 11 is 1.70. The highest BCUT2D eigenvalue weighted by atomic mass is 32.2. The van der Waals surface area contributed by atoms with E-state index < -0.39 is 0 Å². The fourth-order valence-electron chi connectivity index (χ4n) is 2.61. The largest absolute Gasteiger partial charge is 0.462 e. The third-order valence-electron chi connectivity index (χ3n) is 4.26. The molecule has 1 aliphatic heterocycles. The topological polar surface area (TPSA) is 35.5 Å². The molecule has 0 spiro atoms.